The molecule has 0 radical (unpaired) electrons. The van der Waals surface area contributed by atoms with Gasteiger partial charge in [-0.05, 0) is 36.2 Å². The van der Waals surface area contributed by atoms with Crippen LogP contribution >= 0.6 is 11.8 Å². The van der Waals surface area contributed by atoms with Crippen molar-refractivity contribution in [1.82, 2.24) is 9.55 Å². The lowest BCUT2D eigenvalue weighted by Gasteiger charge is -2.13. The van der Waals surface area contributed by atoms with E-state index in [1.165, 1.54) is 11.8 Å². The second-order valence-electron chi connectivity index (χ2n) is 6.58. The lowest BCUT2D eigenvalue weighted by molar-refractivity contribution is -0.113. The van der Waals surface area contributed by atoms with E-state index < -0.39 is 0 Å². The molecule has 0 aliphatic heterocycles. The van der Waals surface area contributed by atoms with Crippen LogP contribution in [0.4, 0.5) is 5.69 Å². The number of aromatic nitrogens is 2. The zero-order valence-corrected chi connectivity index (χ0v) is 17.4. The second kappa shape index (κ2) is 10.6. The summed E-state index contributed by atoms with van der Waals surface area (Å²) in [7, 11) is 1.62. The molecule has 154 valence electrons. The van der Waals surface area contributed by atoms with Gasteiger partial charge in [-0.2, -0.15) is 5.26 Å². The number of amides is 1. The molecule has 8 heteroatoms. The van der Waals surface area contributed by atoms with Crippen LogP contribution < -0.4 is 10.9 Å². The topological polar surface area (TPSA) is 97.0 Å². The molecule has 1 N–H and O–H groups in total. The first-order chi connectivity index (χ1) is 14.6. The van der Waals surface area contributed by atoms with Crippen molar-refractivity contribution in [2.45, 2.75) is 24.5 Å². The number of methoxy groups -OCH3 is 1. The van der Waals surface area contributed by atoms with Crippen molar-refractivity contribution < 1.29 is 9.53 Å². The van der Waals surface area contributed by atoms with E-state index in [1.54, 1.807) is 35.9 Å². The van der Waals surface area contributed by atoms with Crippen molar-refractivity contribution in [3.8, 4) is 6.07 Å². The molecule has 0 aliphatic rings. The molecular weight excluding hydrogens is 400 g/mol. The summed E-state index contributed by atoms with van der Waals surface area (Å²) in [6.45, 7) is 1.00. The third kappa shape index (κ3) is 5.47. The van der Waals surface area contributed by atoms with E-state index in [0.29, 0.717) is 47.7 Å². The van der Waals surface area contributed by atoms with E-state index >= 15 is 0 Å². The first-order valence-electron chi connectivity index (χ1n) is 9.49. The number of anilines is 1. The highest BCUT2D eigenvalue weighted by Crippen LogP contribution is 2.19. The van der Waals surface area contributed by atoms with Gasteiger partial charge in [-0.15, -0.1) is 0 Å². The highest BCUT2D eigenvalue weighted by molar-refractivity contribution is 7.99. The molecule has 0 unspecified atom stereocenters. The first-order valence-corrected chi connectivity index (χ1v) is 10.5. The number of ether oxygens (including phenoxy) is 1. The predicted molar refractivity (Wildman–Crippen MR) is 118 cm³/mol. The minimum atomic E-state index is -0.195. The molecule has 0 bridgehead atoms. The Hall–Kier alpha value is -3.15. The molecule has 1 heterocycles. The molecule has 0 saturated heterocycles. The molecule has 0 spiro atoms. The lowest BCUT2D eigenvalue weighted by atomic mass is 10.1. The van der Waals surface area contributed by atoms with Gasteiger partial charge < -0.3 is 10.1 Å². The van der Waals surface area contributed by atoms with Crippen molar-refractivity contribution >= 4 is 34.3 Å². The van der Waals surface area contributed by atoms with Gasteiger partial charge in [-0.25, -0.2) is 4.98 Å². The SMILES string of the molecule is COCCCn1c(SCC(=O)Nc2ccc(CC#N)cc2)nc2ccccc2c1=O. The number of nitriles is 1. The third-order valence-electron chi connectivity index (χ3n) is 4.41. The van der Waals surface area contributed by atoms with Crippen molar-refractivity contribution in [3.05, 3.63) is 64.4 Å². The molecule has 2 aromatic carbocycles. The van der Waals surface area contributed by atoms with Crippen molar-refractivity contribution in [2.24, 2.45) is 0 Å². The Morgan fingerprint density at radius 1 is 1.23 bits per heavy atom. The summed E-state index contributed by atoms with van der Waals surface area (Å²) < 4.78 is 6.70. The van der Waals surface area contributed by atoms with Crippen molar-refractivity contribution in [3.63, 3.8) is 0 Å². The fourth-order valence-corrected chi connectivity index (χ4v) is 3.77. The Morgan fingerprint density at radius 3 is 2.73 bits per heavy atom. The Morgan fingerprint density at radius 2 is 2.00 bits per heavy atom. The van der Waals surface area contributed by atoms with Crippen LogP contribution in [0.3, 0.4) is 0 Å². The number of nitrogens with one attached hydrogen (secondary N) is 1. The molecule has 0 atom stereocenters. The van der Waals surface area contributed by atoms with Gasteiger partial charge in [-0.1, -0.05) is 36.0 Å². The average Bonchev–Trinajstić information content (AvgIpc) is 2.76. The van der Waals surface area contributed by atoms with Crippen LogP contribution in [0.25, 0.3) is 10.9 Å². The van der Waals surface area contributed by atoms with Gasteiger partial charge in [0.2, 0.25) is 5.91 Å². The number of para-hydroxylation sites is 1. The molecule has 1 aromatic heterocycles. The van der Waals surface area contributed by atoms with Gasteiger partial charge in [0.1, 0.15) is 0 Å². The fraction of sp³-hybridized carbons (Fsp3) is 0.273. The number of hydrogen-bond donors (Lipinski definition) is 1. The lowest BCUT2D eigenvalue weighted by Crippen LogP contribution is -2.25. The van der Waals surface area contributed by atoms with Gasteiger partial charge in [0.05, 0.1) is 29.1 Å². The number of fused-ring (bicyclic) bond motifs is 1. The van der Waals surface area contributed by atoms with E-state index in [4.69, 9.17) is 10.00 Å². The third-order valence-corrected chi connectivity index (χ3v) is 5.39. The van der Waals surface area contributed by atoms with E-state index in [1.807, 2.05) is 24.3 Å². The molecule has 0 saturated carbocycles. The summed E-state index contributed by atoms with van der Waals surface area (Å²) in [6, 6.07) is 16.4. The molecule has 1 amide bonds. The smallest absolute Gasteiger partial charge is 0.262 e. The fourth-order valence-electron chi connectivity index (χ4n) is 2.95. The monoisotopic (exact) mass is 422 g/mol. The minimum absolute atomic E-state index is 0.118. The average molecular weight is 423 g/mol. The van der Waals surface area contributed by atoms with Gasteiger partial charge in [-0.3, -0.25) is 14.2 Å². The summed E-state index contributed by atoms with van der Waals surface area (Å²) in [4.78, 5) is 29.9. The minimum Gasteiger partial charge on any atom is -0.385 e. The summed E-state index contributed by atoms with van der Waals surface area (Å²) in [5.41, 5.74) is 2.05. The maximum atomic E-state index is 12.9. The summed E-state index contributed by atoms with van der Waals surface area (Å²) >= 11 is 1.23. The molecule has 3 aromatic rings. The highest BCUT2D eigenvalue weighted by atomic mass is 32.2. The van der Waals surface area contributed by atoms with E-state index in [0.717, 1.165) is 5.56 Å². The number of benzene rings is 2. The van der Waals surface area contributed by atoms with E-state index in [9.17, 15) is 9.59 Å². The Balaban J connectivity index is 1.73. The maximum Gasteiger partial charge on any atom is 0.262 e. The number of nitrogens with zero attached hydrogens (tertiary/aromatic N) is 3. The van der Waals surface area contributed by atoms with Crippen molar-refractivity contribution in [1.29, 1.82) is 5.26 Å². The van der Waals surface area contributed by atoms with Crippen LogP contribution in [0.2, 0.25) is 0 Å². The maximum absolute atomic E-state index is 12.9. The summed E-state index contributed by atoms with van der Waals surface area (Å²) in [5.74, 6) is -0.0754. The standard InChI is InChI=1S/C22H22N4O3S/c1-29-14-4-13-26-21(28)18-5-2-3-6-19(18)25-22(26)30-15-20(27)24-17-9-7-16(8-10-17)11-12-23/h2-3,5-10H,4,11,13-15H2,1H3,(H,24,27). The molecular formula is C22H22N4O3S. The normalized spacial score (nSPS) is 10.7. The molecule has 0 aliphatic carbocycles. The van der Waals surface area contributed by atoms with Crippen LogP contribution in [0.5, 0.6) is 0 Å². The predicted octanol–water partition coefficient (Wildman–Crippen LogP) is 3.23. The van der Waals surface area contributed by atoms with Gasteiger partial charge >= 0.3 is 0 Å². The molecule has 0 fully saturated rings. The second-order valence-corrected chi connectivity index (χ2v) is 7.53. The quantitative estimate of drug-likeness (QED) is 0.323. The number of rotatable bonds is 9. The van der Waals surface area contributed by atoms with Crippen LogP contribution in [-0.2, 0) is 22.5 Å². The number of carbonyl (C=O) groups excluding carboxylic acids is 1. The van der Waals surface area contributed by atoms with Crippen LogP contribution in [0.1, 0.15) is 12.0 Å². The number of thioether (sulfide) groups is 1. The molecule has 7 nitrogen and oxygen atoms in total. The Kier molecular flexibility index (Phi) is 7.60. The zero-order chi connectivity index (χ0) is 21.3. The number of hydrogen-bond acceptors (Lipinski definition) is 6. The van der Waals surface area contributed by atoms with Gasteiger partial charge in [0.15, 0.2) is 5.16 Å². The molecule has 3 rings (SSSR count). The number of carbonyl (C=O) groups is 1. The van der Waals surface area contributed by atoms with Crippen LogP contribution in [0.15, 0.2) is 58.5 Å². The Bertz CT molecular complexity index is 1120. The largest absolute Gasteiger partial charge is 0.385 e. The van der Waals surface area contributed by atoms with Crippen LogP contribution in [0, 0.1) is 11.3 Å². The van der Waals surface area contributed by atoms with E-state index in [-0.39, 0.29) is 17.2 Å². The molecule has 30 heavy (non-hydrogen) atoms. The van der Waals surface area contributed by atoms with Gasteiger partial charge in [0.25, 0.3) is 5.56 Å². The van der Waals surface area contributed by atoms with E-state index in [2.05, 4.69) is 16.4 Å². The first kappa shape index (κ1) is 21.6. The highest BCUT2D eigenvalue weighted by Gasteiger charge is 2.13. The van der Waals surface area contributed by atoms with Gasteiger partial charge in [0, 0.05) is 25.9 Å². The summed E-state index contributed by atoms with van der Waals surface area (Å²) in [5, 5.41) is 12.6. The van der Waals surface area contributed by atoms with Crippen molar-refractivity contribution in [2.75, 3.05) is 24.8 Å². The zero-order valence-electron chi connectivity index (χ0n) is 16.6. The summed E-state index contributed by atoms with van der Waals surface area (Å²) in [6.07, 6.45) is 1.00. The van der Waals surface area contributed by atoms with Crippen LogP contribution in [-0.4, -0.2) is 34.9 Å². The Labute approximate surface area is 178 Å².